The molecule has 1 atom stereocenters. The van der Waals surface area contributed by atoms with Crippen LogP contribution in [0.3, 0.4) is 0 Å². The Morgan fingerprint density at radius 3 is 2.10 bits per heavy atom. The molecule has 2 fully saturated rings. The van der Waals surface area contributed by atoms with Gasteiger partial charge in [0.05, 0.1) is 11.0 Å². The molecule has 0 aliphatic carbocycles. The lowest BCUT2D eigenvalue weighted by Crippen LogP contribution is -2.52. The van der Waals surface area contributed by atoms with E-state index in [1.54, 1.807) is 0 Å². The Labute approximate surface area is 134 Å². The molecule has 0 bridgehead atoms. The molecule has 2 saturated heterocycles. The Kier molecular flexibility index (Phi) is 5.60. The van der Waals surface area contributed by atoms with E-state index < -0.39 is 0 Å². The van der Waals surface area contributed by atoms with Crippen LogP contribution in [0.15, 0.2) is 0 Å². The number of carbonyl (C=O) groups excluding carboxylic acids is 1. The van der Waals surface area contributed by atoms with Gasteiger partial charge in [0.15, 0.2) is 0 Å². The van der Waals surface area contributed by atoms with Crippen molar-refractivity contribution in [1.82, 2.24) is 9.80 Å². The van der Waals surface area contributed by atoms with Crippen LogP contribution in [0.5, 0.6) is 0 Å². The van der Waals surface area contributed by atoms with E-state index in [4.69, 9.17) is 18.0 Å². The number of hydrogen-bond acceptors (Lipinski definition) is 3. The first-order valence-electron chi connectivity index (χ1n) is 8.27. The number of hydrogen-bond donors (Lipinski definition) is 1. The number of likely N-dealkylation sites (tertiary alicyclic amines) is 2. The van der Waals surface area contributed by atoms with Crippen LogP contribution in [0.4, 0.5) is 0 Å². The fraction of sp³-hybridized carbons (Fsp3) is 0.875. The van der Waals surface area contributed by atoms with Crippen molar-refractivity contribution >= 4 is 23.1 Å². The van der Waals surface area contributed by atoms with Crippen molar-refractivity contribution in [3.05, 3.63) is 0 Å². The Balaban J connectivity index is 1.90. The molecule has 120 valence electrons. The maximum Gasteiger partial charge on any atom is 0.239 e. The van der Waals surface area contributed by atoms with Crippen LogP contribution in [0, 0.1) is 5.41 Å². The normalized spacial score (nSPS) is 25.1. The number of rotatable bonds is 3. The van der Waals surface area contributed by atoms with E-state index in [1.807, 2.05) is 0 Å². The molecule has 0 saturated carbocycles. The average molecular weight is 311 g/mol. The zero-order valence-corrected chi connectivity index (χ0v) is 14.3. The van der Waals surface area contributed by atoms with Crippen molar-refractivity contribution in [3.8, 4) is 0 Å². The predicted molar refractivity (Wildman–Crippen MR) is 90.2 cm³/mol. The topological polar surface area (TPSA) is 49.6 Å². The third kappa shape index (κ3) is 3.95. The molecule has 2 rings (SSSR count). The van der Waals surface area contributed by atoms with Crippen LogP contribution in [0.2, 0.25) is 0 Å². The number of piperidine rings is 1. The molecular weight excluding hydrogens is 282 g/mol. The van der Waals surface area contributed by atoms with Gasteiger partial charge in [-0.15, -0.1) is 0 Å². The maximum absolute atomic E-state index is 12.7. The van der Waals surface area contributed by atoms with Crippen molar-refractivity contribution < 1.29 is 4.79 Å². The summed E-state index contributed by atoms with van der Waals surface area (Å²) in [6, 6.07) is -0.0148. The number of carbonyl (C=O) groups is 1. The number of amides is 1. The predicted octanol–water partition coefficient (Wildman–Crippen LogP) is 2.17. The highest BCUT2D eigenvalue weighted by Crippen LogP contribution is 2.32. The molecule has 2 aliphatic rings. The average Bonchev–Trinajstić information content (AvgIpc) is 2.75. The molecule has 5 heteroatoms. The van der Waals surface area contributed by atoms with Crippen LogP contribution < -0.4 is 5.73 Å². The molecule has 2 heterocycles. The van der Waals surface area contributed by atoms with Gasteiger partial charge in [-0.25, -0.2) is 0 Å². The smallest absolute Gasteiger partial charge is 0.239 e. The van der Waals surface area contributed by atoms with Crippen molar-refractivity contribution in [2.75, 3.05) is 26.2 Å². The first-order valence-corrected chi connectivity index (χ1v) is 8.68. The molecule has 1 amide bonds. The standard InChI is InChI=1S/C16H29N3OS/c1-13(14(20)19-9-5-3-4-6-10-19)18-11-7-16(2,8-12-18)15(17)21/h13H,3-12H2,1-2H3,(H2,17,21). The molecular formula is C16H29N3OS. The summed E-state index contributed by atoms with van der Waals surface area (Å²) in [6.45, 7) is 7.89. The minimum absolute atomic E-state index is 0.0148. The van der Waals surface area contributed by atoms with Gasteiger partial charge in [-0.1, -0.05) is 32.0 Å². The fourth-order valence-corrected chi connectivity index (χ4v) is 3.57. The van der Waals surface area contributed by atoms with Crippen LogP contribution in [0.25, 0.3) is 0 Å². The van der Waals surface area contributed by atoms with Crippen molar-refractivity contribution in [1.29, 1.82) is 0 Å². The molecule has 0 aromatic heterocycles. The van der Waals surface area contributed by atoms with E-state index in [2.05, 4.69) is 23.6 Å². The summed E-state index contributed by atoms with van der Waals surface area (Å²) >= 11 is 5.19. The van der Waals surface area contributed by atoms with Gasteiger partial charge in [0.1, 0.15) is 0 Å². The van der Waals surface area contributed by atoms with E-state index >= 15 is 0 Å². The van der Waals surface area contributed by atoms with Crippen molar-refractivity contribution in [3.63, 3.8) is 0 Å². The highest BCUT2D eigenvalue weighted by Gasteiger charge is 2.36. The SMILES string of the molecule is CC(C(=O)N1CCCCCC1)N1CCC(C)(C(N)=S)CC1. The zero-order valence-electron chi connectivity index (χ0n) is 13.4. The highest BCUT2D eigenvalue weighted by atomic mass is 32.1. The van der Waals surface area contributed by atoms with E-state index in [0.717, 1.165) is 51.9 Å². The Hall–Kier alpha value is -0.680. The fourth-order valence-electron chi connectivity index (χ4n) is 3.36. The molecule has 0 radical (unpaired) electrons. The first-order chi connectivity index (χ1) is 9.94. The summed E-state index contributed by atoms with van der Waals surface area (Å²) in [5.41, 5.74) is 5.82. The van der Waals surface area contributed by atoms with Gasteiger partial charge in [-0.05, 0) is 45.7 Å². The summed E-state index contributed by atoms with van der Waals surface area (Å²) in [5, 5.41) is 0. The minimum Gasteiger partial charge on any atom is -0.393 e. The second kappa shape index (κ2) is 7.05. The van der Waals surface area contributed by atoms with Gasteiger partial charge in [-0.2, -0.15) is 0 Å². The lowest BCUT2D eigenvalue weighted by molar-refractivity contribution is -0.137. The van der Waals surface area contributed by atoms with Crippen LogP contribution in [0.1, 0.15) is 52.4 Å². The van der Waals surface area contributed by atoms with Crippen molar-refractivity contribution in [2.24, 2.45) is 11.1 Å². The first kappa shape index (κ1) is 16.7. The van der Waals surface area contributed by atoms with Gasteiger partial charge in [0, 0.05) is 18.5 Å². The molecule has 4 nitrogen and oxygen atoms in total. The van der Waals surface area contributed by atoms with Gasteiger partial charge in [0.2, 0.25) is 5.91 Å². The van der Waals surface area contributed by atoms with Crippen LogP contribution in [-0.4, -0.2) is 52.9 Å². The van der Waals surface area contributed by atoms with Crippen LogP contribution >= 0.6 is 12.2 Å². The van der Waals surface area contributed by atoms with Gasteiger partial charge in [0.25, 0.3) is 0 Å². The zero-order chi connectivity index (χ0) is 15.5. The lowest BCUT2D eigenvalue weighted by Gasteiger charge is -2.41. The lowest BCUT2D eigenvalue weighted by atomic mass is 9.80. The second-order valence-corrected chi connectivity index (χ2v) is 7.32. The number of thiocarbonyl (C=S) groups is 1. The third-order valence-electron chi connectivity index (χ3n) is 5.32. The number of nitrogens with zero attached hydrogens (tertiary/aromatic N) is 2. The Bertz CT molecular complexity index is 383. The summed E-state index contributed by atoms with van der Waals surface area (Å²) in [4.78, 5) is 17.7. The van der Waals surface area contributed by atoms with Gasteiger partial charge < -0.3 is 10.6 Å². The highest BCUT2D eigenvalue weighted by molar-refractivity contribution is 7.80. The third-order valence-corrected chi connectivity index (χ3v) is 5.81. The van der Waals surface area contributed by atoms with Gasteiger partial charge >= 0.3 is 0 Å². The Morgan fingerprint density at radius 1 is 1.10 bits per heavy atom. The van der Waals surface area contributed by atoms with E-state index in [1.165, 1.54) is 12.8 Å². The van der Waals surface area contributed by atoms with Crippen LogP contribution in [-0.2, 0) is 4.79 Å². The molecule has 2 N–H and O–H groups in total. The summed E-state index contributed by atoms with van der Waals surface area (Å²) in [6.07, 6.45) is 6.73. The molecule has 0 aromatic carbocycles. The maximum atomic E-state index is 12.7. The largest absolute Gasteiger partial charge is 0.393 e. The Morgan fingerprint density at radius 2 is 1.62 bits per heavy atom. The molecule has 1 unspecified atom stereocenters. The monoisotopic (exact) mass is 311 g/mol. The minimum atomic E-state index is -0.0306. The van der Waals surface area contributed by atoms with Gasteiger partial charge in [-0.3, -0.25) is 9.69 Å². The quantitative estimate of drug-likeness (QED) is 0.812. The van der Waals surface area contributed by atoms with E-state index in [-0.39, 0.29) is 11.5 Å². The molecule has 0 aromatic rings. The molecule has 2 aliphatic heterocycles. The summed E-state index contributed by atoms with van der Waals surface area (Å²) < 4.78 is 0. The molecule has 0 spiro atoms. The summed E-state index contributed by atoms with van der Waals surface area (Å²) in [5.74, 6) is 0.302. The van der Waals surface area contributed by atoms with E-state index in [9.17, 15) is 4.79 Å². The number of nitrogens with two attached hydrogens (primary N) is 1. The van der Waals surface area contributed by atoms with Crippen molar-refractivity contribution in [2.45, 2.75) is 58.4 Å². The second-order valence-electron chi connectivity index (χ2n) is 6.88. The summed E-state index contributed by atoms with van der Waals surface area (Å²) in [7, 11) is 0. The van der Waals surface area contributed by atoms with E-state index in [0.29, 0.717) is 10.9 Å². The molecule has 21 heavy (non-hydrogen) atoms.